The number of rotatable bonds is 13. The van der Waals surface area contributed by atoms with E-state index < -0.39 is 33.8 Å². The van der Waals surface area contributed by atoms with Crippen molar-refractivity contribution in [2.45, 2.75) is 79.4 Å². The molecule has 0 aromatic rings. The van der Waals surface area contributed by atoms with Crippen molar-refractivity contribution < 1.29 is 39.0 Å². The number of carbonyl (C=O) groups excluding carboxylic acids is 3. The van der Waals surface area contributed by atoms with Crippen molar-refractivity contribution in [3.05, 3.63) is 42.5 Å². The predicted molar refractivity (Wildman–Crippen MR) is 114 cm³/mol. The Morgan fingerprint density at radius 1 is 0.939 bits per heavy atom. The third kappa shape index (κ3) is 7.65. The molecule has 0 spiro atoms. The lowest BCUT2D eigenvalue weighted by molar-refractivity contribution is -0.798. The first-order valence-corrected chi connectivity index (χ1v) is 10.4. The third-order valence-corrected chi connectivity index (χ3v) is 5.59. The van der Waals surface area contributed by atoms with Gasteiger partial charge in [-0.2, -0.15) is 0 Å². The van der Waals surface area contributed by atoms with E-state index in [4.69, 9.17) is 4.74 Å². The predicted octanol–water partition coefficient (Wildman–Crippen LogP) is 3.09. The Hall–Kier alpha value is -3.31. The normalized spacial score (nSPS) is 16.4. The van der Waals surface area contributed by atoms with E-state index >= 15 is 0 Å². The molecule has 0 fully saturated rings. The van der Waals surface area contributed by atoms with Crippen molar-refractivity contribution >= 4 is 17.5 Å². The van der Waals surface area contributed by atoms with Crippen LogP contribution in [0.1, 0.15) is 67.2 Å². The minimum Gasteiger partial charge on any atom is -0.466 e. The largest absolute Gasteiger partial charge is 0.466 e. The van der Waals surface area contributed by atoms with Gasteiger partial charge in [0.1, 0.15) is 12.2 Å². The minimum atomic E-state index is -1.15. The molecule has 1 aliphatic rings. The molecule has 12 nitrogen and oxygen atoms in total. The van der Waals surface area contributed by atoms with E-state index in [-0.39, 0.29) is 31.0 Å². The molecule has 0 N–H and O–H groups in total. The van der Waals surface area contributed by atoms with Crippen LogP contribution in [0, 0.1) is 25.6 Å². The molecule has 0 saturated carbocycles. The number of Topliss-reactive ketones (excluding diaryl/α,β-unsaturated/α-hetero) is 2. The molecular weight excluding hydrogens is 440 g/mol. The summed E-state index contributed by atoms with van der Waals surface area (Å²) in [5, 5.41) is 18.9. The second kappa shape index (κ2) is 11.5. The summed E-state index contributed by atoms with van der Waals surface area (Å²) in [6.07, 6.45) is -1.69. The highest BCUT2D eigenvalue weighted by Gasteiger charge is 2.38. The van der Waals surface area contributed by atoms with E-state index in [2.05, 4.69) is 9.68 Å². The summed E-state index contributed by atoms with van der Waals surface area (Å²) < 4.78 is 5.22. The van der Waals surface area contributed by atoms with Crippen LogP contribution < -0.4 is 0 Å². The maximum atomic E-state index is 12.7. The highest BCUT2D eigenvalue weighted by molar-refractivity contribution is 6.25. The molecule has 2 atom stereocenters. The van der Waals surface area contributed by atoms with Crippen LogP contribution in [-0.2, 0) is 28.8 Å². The Morgan fingerprint density at radius 3 is 2.03 bits per heavy atom. The number of allylic oxidation sites excluding steroid dienone is 4. The van der Waals surface area contributed by atoms with Crippen LogP contribution in [-0.4, -0.2) is 46.5 Å². The lowest BCUT2D eigenvalue weighted by Crippen LogP contribution is -2.33. The summed E-state index contributed by atoms with van der Waals surface area (Å²) in [7, 11) is 0. The maximum absolute atomic E-state index is 12.7. The number of ketones is 2. The van der Waals surface area contributed by atoms with Gasteiger partial charge < -0.3 is 14.4 Å². The molecule has 0 aliphatic heterocycles. The zero-order valence-corrected chi connectivity index (χ0v) is 19.7. The topological polar surface area (TPSA) is 165 Å². The second-order valence-corrected chi connectivity index (χ2v) is 8.59. The highest BCUT2D eigenvalue weighted by atomic mass is 17.0. The molecule has 0 heterocycles. The summed E-state index contributed by atoms with van der Waals surface area (Å²) in [5.74, 6) is -1.04. The quantitative estimate of drug-likeness (QED) is 0.128. The molecule has 12 heteroatoms. The fraction of sp³-hybridized carbons (Fsp3) is 0.667. The number of hydrogen-bond donors (Lipinski definition) is 0. The number of nitrogens with zero attached hydrogens (tertiary/aromatic N) is 2. The average Bonchev–Trinajstić information content (AvgIpc) is 2.68. The van der Waals surface area contributed by atoms with Crippen LogP contribution in [0.15, 0.2) is 22.3 Å². The summed E-state index contributed by atoms with van der Waals surface area (Å²) in [5.41, 5.74) is 0.465. The van der Waals surface area contributed by atoms with Crippen LogP contribution in [0.4, 0.5) is 0 Å². The molecule has 1 rings (SSSR count). The average molecular weight is 470 g/mol. The molecule has 0 amide bonds. The molecule has 184 valence electrons. The lowest BCUT2D eigenvalue weighted by atomic mass is 9.71. The first kappa shape index (κ1) is 27.7. The van der Waals surface area contributed by atoms with Gasteiger partial charge in [0.05, 0.1) is 13.0 Å². The molecule has 1 aliphatic carbocycles. The molecule has 0 bridgehead atoms. The van der Waals surface area contributed by atoms with Crippen molar-refractivity contribution in [3.63, 3.8) is 0 Å². The first-order valence-electron chi connectivity index (χ1n) is 10.4. The van der Waals surface area contributed by atoms with E-state index in [0.717, 1.165) is 0 Å². The standard InChI is InChI=1S/C21H30N2O10/c1-12-13(2)20(26)18(14(3)19(12)25)21(5,6)11-17(24)31-10-8-7-9-16(33-23(29)30)15(4)32-22(27)28/h15-16H,7-11H2,1-6H3/t15-,16+/m1/s1. The zero-order chi connectivity index (χ0) is 25.5. The van der Waals surface area contributed by atoms with Gasteiger partial charge in [-0.15, -0.1) is 20.2 Å². The van der Waals surface area contributed by atoms with Crippen LogP contribution in [0.25, 0.3) is 0 Å². The van der Waals surface area contributed by atoms with Gasteiger partial charge in [0.2, 0.25) is 0 Å². The van der Waals surface area contributed by atoms with Gasteiger partial charge in [-0.05, 0) is 47.0 Å². The molecule has 33 heavy (non-hydrogen) atoms. The number of esters is 1. The first-order chi connectivity index (χ1) is 15.2. The van der Waals surface area contributed by atoms with Crippen molar-refractivity contribution in [2.75, 3.05) is 6.61 Å². The number of hydrogen-bond acceptors (Lipinski definition) is 10. The van der Waals surface area contributed by atoms with Gasteiger partial charge in [0, 0.05) is 27.7 Å². The van der Waals surface area contributed by atoms with Crippen LogP contribution >= 0.6 is 0 Å². The molecular formula is C21H30N2O10. The summed E-state index contributed by atoms with van der Waals surface area (Å²) in [4.78, 5) is 67.3. The van der Waals surface area contributed by atoms with E-state index in [0.29, 0.717) is 35.1 Å². The SMILES string of the molecule is CC1=C(C)C(=O)C(C(C)(C)CC(=O)OCCCC[C@H](O[N+](=O)[O-])[C@@H](C)O[N+](=O)[O-])=C(C)C1=O. The van der Waals surface area contributed by atoms with Gasteiger partial charge >= 0.3 is 5.97 Å². The van der Waals surface area contributed by atoms with Gasteiger partial charge in [-0.3, -0.25) is 14.4 Å². The fourth-order valence-corrected chi connectivity index (χ4v) is 3.73. The number of unbranched alkanes of at least 4 members (excludes halogenated alkanes) is 1. The lowest BCUT2D eigenvalue weighted by Gasteiger charge is -2.31. The van der Waals surface area contributed by atoms with Crippen LogP contribution in [0.3, 0.4) is 0 Å². The Labute approximate surface area is 191 Å². The van der Waals surface area contributed by atoms with Gasteiger partial charge in [-0.25, -0.2) is 0 Å². The minimum absolute atomic E-state index is 0.00746. The number of ether oxygens (including phenoxy) is 1. The fourth-order valence-electron chi connectivity index (χ4n) is 3.73. The Kier molecular flexibility index (Phi) is 9.68. The van der Waals surface area contributed by atoms with Gasteiger partial charge in [0.25, 0.3) is 10.2 Å². The van der Waals surface area contributed by atoms with Gasteiger partial charge in [-0.1, -0.05) is 13.8 Å². The van der Waals surface area contributed by atoms with E-state index in [1.807, 2.05) is 0 Å². The monoisotopic (exact) mass is 470 g/mol. The zero-order valence-electron chi connectivity index (χ0n) is 19.7. The van der Waals surface area contributed by atoms with Crippen LogP contribution in [0.2, 0.25) is 0 Å². The van der Waals surface area contributed by atoms with Crippen molar-refractivity contribution in [1.82, 2.24) is 0 Å². The Morgan fingerprint density at radius 2 is 1.48 bits per heavy atom. The van der Waals surface area contributed by atoms with E-state index in [1.54, 1.807) is 34.6 Å². The molecule has 0 saturated heterocycles. The maximum Gasteiger partial charge on any atom is 0.306 e. The summed E-state index contributed by atoms with van der Waals surface area (Å²) in [6, 6.07) is 0. The third-order valence-electron chi connectivity index (χ3n) is 5.59. The molecule has 0 radical (unpaired) electrons. The highest BCUT2D eigenvalue weighted by Crippen LogP contribution is 2.39. The molecule has 0 unspecified atom stereocenters. The Balaban J connectivity index is 2.61. The van der Waals surface area contributed by atoms with E-state index in [9.17, 15) is 34.6 Å². The Bertz CT molecular complexity index is 887. The summed E-state index contributed by atoms with van der Waals surface area (Å²) >= 11 is 0. The molecule has 0 aromatic heterocycles. The van der Waals surface area contributed by atoms with Gasteiger partial charge in [0.15, 0.2) is 11.6 Å². The second-order valence-electron chi connectivity index (χ2n) is 8.59. The van der Waals surface area contributed by atoms with E-state index in [1.165, 1.54) is 6.92 Å². The summed E-state index contributed by atoms with van der Waals surface area (Å²) in [6.45, 7) is 9.45. The smallest absolute Gasteiger partial charge is 0.306 e. The number of carbonyl (C=O) groups is 3. The van der Waals surface area contributed by atoms with Crippen molar-refractivity contribution in [2.24, 2.45) is 5.41 Å². The molecule has 0 aromatic carbocycles. The van der Waals surface area contributed by atoms with Crippen molar-refractivity contribution in [1.29, 1.82) is 0 Å². The van der Waals surface area contributed by atoms with Crippen molar-refractivity contribution in [3.8, 4) is 0 Å². The van der Waals surface area contributed by atoms with Crippen LogP contribution in [0.5, 0.6) is 0 Å².